The largest absolute Gasteiger partial charge is 0.497 e. The van der Waals surface area contributed by atoms with E-state index >= 15 is 0 Å². The zero-order chi connectivity index (χ0) is 14.9. The first-order valence-corrected chi connectivity index (χ1v) is 7.93. The van der Waals surface area contributed by atoms with Crippen LogP contribution in [-0.2, 0) is 0 Å². The molecule has 1 fully saturated rings. The van der Waals surface area contributed by atoms with Crippen LogP contribution in [0.2, 0.25) is 0 Å². The highest BCUT2D eigenvalue weighted by Crippen LogP contribution is 2.45. The van der Waals surface area contributed by atoms with E-state index in [1.54, 1.807) is 7.11 Å². The fraction of sp³-hybridized carbons (Fsp3) is 0.647. The Morgan fingerprint density at radius 1 is 1.38 bits per heavy atom. The van der Waals surface area contributed by atoms with Gasteiger partial charge in [-0.05, 0) is 50.6 Å². The van der Waals surface area contributed by atoms with Crippen molar-refractivity contribution in [3.8, 4) is 11.5 Å². The minimum atomic E-state index is -0.461. The van der Waals surface area contributed by atoms with Crippen LogP contribution in [0.5, 0.6) is 11.5 Å². The second-order valence-corrected chi connectivity index (χ2v) is 6.20. The number of fused-ring (bicyclic) bond motifs is 1. The van der Waals surface area contributed by atoms with Gasteiger partial charge in [0.1, 0.15) is 17.1 Å². The molecule has 0 bridgehead atoms. The van der Waals surface area contributed by atoms with Crippen LogP contribution in [0.3, 0.4) is 0 Å². The van der Waals surface area contributed by atoms with Crippen molar-refractivity contribution >= 4 is 0 Å². The van der Waals surface area contributed by atoms with Crippen LogP contribution in [0.1, 0.15) is 44.3 Å². The molecular formula is C17H25NO3. The Bertz CT molecular complexity index is 505. The van der Waals surface area contributed by atoms with Gasteiger partial charge < -0.3 is 19.5 Å². The maximum atomic E-state index is 10.6. The fourth-order valence-corrected chi connectivity index (χ4v) is 3.59. The van der Waals surface area contributed by atoms with Gasteiger partial charge in [-0.25, -0.2) is 0 Å². The molecule has 21 heavy (non-hydrogen) atoms. The normalized spacial score (nSPS) is 29.6. The molecule has 1 saturated heterocycles. The summed E-state index contributed by atoms with van der Waals surface area (Å²) in [4.78, 5) is 2.47. The number of hydrogen-bond donors (Lipinski definition) is 1. The van der Waals surface area contributed by atoms with Gasteiger partial charge in [-0.2, -0.15) is 0 Å². The van der Waals surface area contributed by atoms with Crippen molar-refractivity contribution in [1.82, 2.24) is 4.90 Å². The average Bonchev–Trinajstić information content (AvgIpc) is 2.69. The third kappa shape index (κ3) is 2.87. The van der Waals surface area contributed by atoms with Crippen LogP contribution in [0, 0.1) is 0 Å². The van der Waals surface area contributed by atoms with Crippen LogP contribution in [0.4, 0.5) is 0 Å². The Morgan fingerprint density at radius 2 is 2.24 bits per heavy atom. The monoisotopic (exact) mass is 291 g/mol. The summed E-state index contributed by atoms with van der Waals surface area (Å²) < 4.78 is 11.6. The third-order valence-electron chi connectivity index (χ3n) is 4.91. The maximum Gasteiger partial charge on any atom is 0.126 e. The Balaban J connectivity index is 1.84. The van der Waals surface area contributed by atoms with Crippen LogP contribution >= 0.6 is 0 Å². The molecule has 0 aromatic heterocycles. The number of methoxy groups -OCH3 is 1. The van der Waals surface area contributed by atoms with E-state index in [2.05, 4.69) is 11.8 Å². The molecule has 0 radical (unpaired) electrons. The van der Waals surface area contributed by atoms with E-state index in [0.717, 1.165) is 56.0 Å². The SMILES string of the molecule is CCN1CCCC2(CC1)C[C@H](O)c1cc(OC)ccc1O2. The molecule has 0 saturated carbocycles. The van der Waals surface area contributed by atoms with Crippen molar-refractivity contribution < 1.29 is 14.6 Å². The number of aliphatic hydroxyl groups excluding tert-OH is 1. The van der Waals surface area contributed by atoms with E-state index in [0.29, 0.717) is 6.42 Å². The zero-order valence-electron chi connectivity index (χ0n) is 13.0. The molecule has 2 aliphatic heterocycles. The summed E-state index contributed by atoms with van der Waals surface area (Å²) in [6.45, 7) is 5.48. The molecule has 4 heteroatoms. The Hall–Kier alpha value is -1.26. The summed E-state index contributed by atoms with van der Waals surface area (Å²) >= 11 is 0. The van der Waals surface area contributed by atoms with Gasteiger partial charge in [0.05, 0.1) is 13.2 Å². The first-order chi connectivity index (χ1) is 10.2. The van der Waals surface area contributed by atoms with Crippen molar-refractivity contribution in [3.63, 3.8) is 0 Å². The molecular weight excluding hydrogens is 266 g/mol. The van der Waals surface area contributed by atoms with Gasteiger partial charge in [-0.1, -0.05) is 6.92 Å². The van der Waals surface area contributed by atoms with Gasteiger partial charge >= 0.3 is 0 Å². The van der Waals surface area contributed by atoms with E-state index in [9.17, 15) is 5.11 Å². The van der Waals surface area contributed by atoms with Crippen LogP contribution in [-0.4, -0.2) is 42.4 Å². The summed E-state index contributed by atoms with van der Waals surface area (Å²) in [5.74, 6) is 1.59. The fourth-order valence-electron chi connectivity index (χ4n) is 3.59. The van der Waals surface area contributed by atoms with Crippen molar-refractivity contribution in [1.29, 1.82) is 0 Å². The second-order valence-electron chi connectivity index (χ2n) is 6.20. The topological polar surface area (TPSA) is 41.9 Å². The minimum absolute atomic E-state index is 0.203. The van der Waals surface area contributed by atoms with Gasteiger partial charge in [0, 0.05) is 18.5 Å². The lowest BCUT2D eigenvalue weighted by atomic mass is 9.83. The lowest BCUT2D eigenvalue weighted by Crippen LogP contribution is -2.42. The standard InChI is InChI=1S/C17H25NO3/c1-3-18-9-4-7-17(8-10-18)12-15(19)14-11-13(20-2)5-6-16(14)21-17/h5-6,11,15,19H,3-4,7-10,12H2,1-2H3/t15-,17?/m0/s1. The number of aliphatic hydroxyl groups is 1. The average molecular weight is 291 g/mol. The van der Waals surface area contributed by atoms with Crippen LogP contribution in [0.15, 0.2) is 18.2 Å². The molecule has 0 amide bonds. The predicted octanol–water partition coefficient (Wildman–Crippen LogP) is 2.76. The van der Waals surface area contributed by atoms with Gasteiger partial charge in [0.15, 0.2) is 0 Å². The quantitative estimate of drug-likeness (QED) is 0.910. The molecule has 2 aliphatic rings. The molecule has 2 atom stereocenters. The highest BCUT2D eigenvalue weighted by molar-refractivity contribution is 5.43. The molecule has 116 valence electrons. The summed E-state index contributed by atoms with van der Waals surface area (Å²) in [5, 5.41) is 10.6. The van der Waals surface area contributed by atoms with Gasteiger partial charge in [0.25, 0.3) is 0 Å². The molecule has 4 nitrogen and oxygen atoms in total. The van der Waals surface area contributed by atoms with E-state index in [-0.39, 0.29) is 5.60 Å². The second kappa shape index (κ2) is 5.85. The van der Waals surface area contributed by atoms with Crippen molar-refractivity contribution in [2.75, 3.05) is 26.7 Å². The number of hydrogen-bond acceptors (Lipinski definition) is 4. The van der Waals surface area contributed by atoms with Gasteiger partial charge in [-0.3, -0.25) is 0 Å². The van der Waals surface area contributed by atoms with E-state index in [1.165, 1.54) is 0 Å². The highest BCUT2D eigenvalue weighted by Gasteiger charge is 2.41. The highest BCUT2D eigenvalue weighted by atomic mass is 16.5. The Labute approximate surface area is 126 Å². The molecule has 0 aliphatic carbocycles. The molecule has 3 rings (SSSR count). The summed E-state index contributed by atoms with van der Waals surface area (Å²) in [6.07, 6.45) is 3.36. The van der Waals surface area contributed by atoms with Crippen LogP contribution < -0.4 is 9.47 Å². The number of benzene rings is 1. The van der Waals surface area contributed by atoms with E-state index in [1.807, 2.05) is 18.2 Å². The molecule has 1 N–H and O–H groups in total. The molecule has 1 aromatic rings. The number of likely N-dealkylation sites (tertiary alicyclic amines) is 1. The van der Waals surface area contributed by atoms with E-state index in [4.69, 9.17) is 9.47 Å². The lowest BCUT2D eigenvalue weighted by Gasteiger charge is -2.40. The first kappa shape index (κ1) is 14.7. The summed E-state index contributed by atoms with van der Waals surface area (Å²) in [7, 11) is 1.64. The summed E-state index contributed by atoms with van der Waals surface area (Å²) in [6, 6.07) is 5.72. The molecule has 1 aromatic carbocycles. The maximum absolute atomic E-state index is 10.6. The molecule has 1 unspecified atom stereocenters. The van der Waals surface area contributed by atoms with Gasteiger partial charge in [0.2, 0.25) is 0 Å². The van der Waals surface area contributed by atoms with Crippen molar-refractivity contribution in [3.05, 3.63) is 23.8 Å². The van der Waals surface area contributed by atoms with Crippen molar-refractivity contribution in [2.24, 2.45) is 0 Å². The van der Waals surface area contributed by atoms with E-state index < -0.39 is 6.10 Å². The van der Waals surface area contributed by atoms with Gasteiger partial charge in [-0.15, -0.1) is 0 Å². The smallest absolute Gasteiger partial charge is 0.126 e. The first-order valence-electron chi connectivity index (χ1n) is 7.93. The molecule has 2 heterocycles. The zero-order valence-corrected chi connectivity index (χ0v) is 13.0. The van der Waals surface area contributed by atoms with Crippen molar-refractivity contribution in [2.45, 2.75) is 44.3 Å². The number of ether oxygens (including phenoxy) is 2. The third-order valence-corrected chi connectivity index (χ3v) is 4.91. The summed E-state index contributed by atoms with van der Waals surface area (Å²) in [5.41, 5.74) is 0.654. The lowest BCUT2D eigenvalue weighted by molar-refractivity contribution is -0.0239. The Kier molecular flexibility index (Phi) is 4.09. The Morgan fingerprint density at radius 3 is 3.00 bits per heavy atom. The minimum Gasteiger partial charge on any atom is -0.497 e. The number of rotatable bonds is 2. The predicted molar refractivity (Wildman–Crippen MR) is 81.9 cm³/mol. The number of nitrogens with zero attached hydrogens (tertiary/aromatic N) is 1. The molecule has 1 spiro atoms. The van der Waals surface area contributed by atoms with Crippen LogP contribution in [0.25, 0.3) is 0 Å².